The zero-order valence-corrected chi connectivity index (χ0v) is 16.3. The van der Waals surface area contributed by atoms with Crippen molar-refractivity contribution in [2.75, 3.05) is 4.90 Å². The summed E-state index contributed by atoms with van der Waals surface area (Å²) < 4.78 is 0.913. The minimum absolute atomic E-state index is 0.132. The zero-order valence-electron chi connectivity index (χ0n) is 14.8. The molecule has 0 N–H and O–H groups in total. The summed E-state index contributed by atoms with van der Waals surface area (Å²) >= 11 is 3.49. The lowest BCUT2D eigenvalue weighted by Crippen LogP contribution is -2.32. The average Bonchev–Trinajstić information content (AvgIpc) is 2.99. The first-order valence-corrected chi connectivity index (χ1v) is 9.43. The van der Waals surface area contributed by atoms with Crippen LogP contribution in [0.3, 0.4) is 0 Å². The molecule has 0 radical (unpaired) electrons. The lowest BCUT2D eigenvalue weighted by molar-refractivity contribution is -0.113. The maximum absolute atomic E-state index is 13.2. The molecule has 0 saturated heterocycles. The van der Waals surface area contributed by atoms with Gasteiger partial charge in [-0.1, -0.05) is 82.2 Å². The van der Waals surface area contributed by atoms with Crippen molar-refractivity contribution in [3.8, 4) is 0 Å². The minimum Gasteiger partial charge on any atom is -0.266 e. The second-order valence-electron chi connectivity index (χ2n) is 6.36. The number of carbonyl (C=O) groups is 1. The van der Waals surface area contributed by atoms with Crippen LogP contribution in [0.1, 0.15) is 16.7 Å². The Morgan fingerprint density at radius 3 is 2.37 bits per heavy atom. The molecule has 1 aliphatic heterocycles. The van der Waals surface area contributed by atoms with Crippen LogP contribution in [0.2, 0.25) is 0 Å². The Labute approximate surface area is 166 Å². The van der Waals surface area contributed by atoms with E-state index in [0.717, 1.165) is 26.9 Å². The molecule has 0 saturated carbocycles. The van der Waals surface area contributed by atoms with E-state index < -0.39 is 0 Å². The summed E-state index contributed by atoms with van der Waals surface area (Å²) in [6, 6.07) is 25.5. The molecule has 0 bridgehead atoms. The summed E-state index contributed by atoms with van der Waals surface area (Å²) in [4.78, 5) is 19.6. The van der Waals surface area contributed by atoms with E-state index in [1.165, 1.54) is 0 Å². The standard InChI is InChI=1S/C23H17BrN2O/c1-16-10-12-18(13-11-16)22-25-21(14-17-6-3-2-4-7-17)23(27)26(22)20-9-5-8-19(24)15-20/h2-15H,1H3/b21-14+. The van der Waals surface area contributed by atoms with Crippen molar-refractivity contribution in [1.82, 2.24) is 0 Å². The zero-order chi connectivity index (χ0) is 18.8. The smallest absolute Gasteiger partial charge is 0.266 e. The lowest BCUT2D eigenvalue weighted by atomic mass is 10.1. The molecule has 0 unspecified atom stereocenters. The van der Waals surface area contributed by atoms with Crippen molar-refractivity contribution in [3.63, 3.8) is 0 Å². The number of halogens is 1. The maximum Gasteiger partial charge on any atom is 0.282 e. The average molecular weight is 417 g/mol. The van der Waals surface area contributed by atoms with Crippen molar-refractivity contribution in [2.45, 2.75) is 6.92 Å². The van der Waals surface area contributed by atoms with Crippen LogP contribution >= 0.6 is 15.9 Å². The summed E-state index contributed by atoms with van der Waals surface area (Å²) in [5, 5.41) is 0. The van der Waals surface area contributed by atoms with Gasteiger partial charge in [0.2, 0.25) is 0 Å². The van der Waals surface area contributed by atoms with Crippen molar-refractivity contribution in [1.29, 1.82) is 0 Å². The largest absolute Gasteiger partial charge is 0.282 e. The first-order valence-electron chi connectivity index (χ1n) is 8.64. The number of aliphatic imine (C=N–C) groups is 1. The molecule has 1 aliphatic rings. The highest BCUT2D eigenvalue weighted by molar-refractivity contribution is 9.10. The Balaban J connectivity index is 1.84. The van der Waals surface area contributed by atoms with Gasteiger partial charge in [-0.2, -0.15) is 0 Å². The fourth-order valence-corrected chi connectivity index (χ4v) is 3.36. The number of amides is 1. The van der Waals surface area contributed by atoms with E-state index in [1.807, 2.05) is 91.9 Å². The molecule has 4 heteroatoms. The van der Waals surface area contributed by atoms with Gasteiger partial charge in [-0.15, -0.1) is 0 Å². The fraction of sp³-hybridized carbons (Fsp3) is 0.0435. The van der Waals surface area contributed by atoms with Gasteiger partial charge >= 0.3 is 0 Å². The van der Waals surface area contributed by atoms with Crippen LogP contribution in [-0.4, -0.2) is 11.7 Å². The number of benzene rings is 3. The number of amidine groups is 1. The number of nitrogens with zero attached hydrogens (tertiary/aromatic N) is 2. The predicted octanol–water partition coefficient (Wildman–Crippen LogP) is 5.59. The fourth-order valence-electron chi connectivity index (χ4n) is 2.97. The van der Waals surface area contributed by atoms with Gasteiger partial charge in [-0.05, 0) is 36.8 Å². The van der Waals surface area contributed by atoms with E-state index in [4.69, 9.17) is 4.99 Å². The van der Waals surface area contributed by atoms with E-state index in [0.29, 0.717) is 11.5 Å². The monoisotopic (exact) mass is 416 g/mol. The molecule has 0 aliphatic carbocycles. The van der Waals surface area contributed by atoms with Crippen molar-refractivity contribution < 1.29 is 4.79 Å². The molecule has 132 valence electrons. The SMILES string of the molecule is Cc1ccc(C2=N/C(=C/c3ccccc3)C(=O)N2c2cccc(Br)c2)cc1. The van der Waals surface area contributed by atoms with Crippen LogP contribution in [0.15, 0.2) is 94.0 Å². The van der Waals surface area contributed by atoms with E-state index >= 15 is 0 Å². The summed E-state index contributed by atoms with van der Waals surface area (Å²) in [5.41, 5.74) is 4.23. The van der Waals surface area contributed by atoms with Crippen LogP contribution < -0.4 is 4.90 Å². The van der Waals surface area contributed by atoms with Gasteiger partial charge in [-0.3, -0.25) is 9.69 Å². The molecule has 4 rings (SSSR count). The molecular weight excluding hydrogens is 400 g/mol. The number of hydrogen-bond donors (Lipinski definition) is 0. The highest BCUT2D eigenvalue weighted by atomic mass is 79.9. The molecule has 0 spiro atoms. The Hall–Kier alpha value is -2.98. The number of anilines is 1. The molecular formula is C23H17BrN2O. The molecule has 1 amide bonds. The minimum atomic E-state index is -0.132. The van der Waals surface area contributed by atoms with Gasteiger partial charge in [0, 0.05) is 10.0 Å². The quantitative estimate of drug-likeness (QED) is 0.512. The van der Waals surface area contributed by atoms with E-state index in [2.05, 4.69) is 15.9 Å². The first kappa shape index (κ1) is 17.4. The predicted molar refractivity (Wildman–Crippen MR) is 114 cm³/mol. The summed E-state index contributed by atoms with van der Waals surface area (Å²) in [6.45, 7) is 2.04. The van der Waals surface area contributed by atoms with Gasteiger partial charge in [0.05, 0.1) is 5.69 Å². The third-order valence-electron chi connectivity index (χ3n) is 4.34. The molecule has 1 heterocycles. The van der Waals surface area contributed by atoms with E-state index in [9.17, 15) is 4.79 Å². The first-order chi connectivity index (χ1) is 13.1. The molecule has 3 nitrogen and oxygen atoms in total. The Morgan fingerprint density at radius 1 is 0.926 bits per heavy atom. The van der Waals surface area contributed by atoms with Gasteiger partial charge in [0.15, 0.2) is 0 Å². The normalized spacial score (nSPS) is 15.3. The number of aryl methyl sites for hydroxylation is 1. The molecule has 3 aromatic carbocycles. The van der Waals surface area contributed by atoms with Gasteiger partial charge in [-0.25, -0.2) is 4.99 Å². The van der Waals surface area contributed by atoms with Gasteiger partial charge < -0.3 is 0 Å². The lowest BCUT2D eigenvalue weighted by Gasteiger charge is -2.19. The highest BCUT2D eigenvalue weighted by Crippen LogP contribution is 2.29. The van der Waals surface area contributed by atoms with Crippen molar-refractivity contribution >= 4 is 39.4 Å². The van der Waals surface area contributed by atoms with E-state index in [1.54, 1.807) is 4.90 Å². The molecule has 3 aromatic rings. The highest BCUT2D eigenvalue weighted by Gasteiger charge is 2.32. The Morgan fingerprint density at radius 2 is 1.67 bits per heavy atom. The van der Waals surface area contributed by atoms with Crippen LogP contribution in [0, 0.1) is 6.92 Å². The van der Waals surface area contributed by atoms with Crippen molar-refractivity contribution in [3.05, 3.63) is 106 Å². The summed E-state index contributed by atoms with van der Waals surface area (Å²) in [7, 11) is 0. The summed E-state index contributed by atoms with van der Waals surface area (Å²) in [5.74, 6) is 0.507. The van der Waals surface area contributed by atoms with Crippen LogP contribution in [0.25, 0.3) is 6.08 Å². The number of carbonyl (C=O) groups excluding carboxylic acids is 1. The Bertz CT molecular complexity index is 1050. The second kappa shape index (κ2) is 7.33. The topological polar surface area (TPSA) is 32.7 Å². The third kappa shape index (κ3) is 3.62. The molecule has 0 atom stereocenters. The third-order valence-corrected chi connectivity index (χ3v) is 4.83. The maximum atomic E-state index is 13.2. The molecule has 0 fully saturated rings. The van der Waals surface area contributed by atoms with E-state index in [-0.39, 0.29) is 5.91 Å². The number of rotatable bonds is 3. The van der Waals surface area contributed by atoms with Gasteiger partial charge in [0.25, 0.3) is 5.91 Å². The van der Waals surface area contributed by atoms with Crippen LogP contribution in [-0.2, 0) is 4.79 Å². The van der Waals surface area contributed by atoms with Gasteiger partial charge in [0.1, 0.15) is 11.5 Å². The van der Waals surface area contributed by atoms with Crippen molar-refractivity contribution in [2.24, 2.45) is 4.99 Å². The Kier molecular flexibility index (Phi) is 4.73. The van der Waals surface area contributed by atoms with Crippen LogP contribution in [0.4, 0.5) is 5.69 Å². The molecule has 27 heavy (non-hydrogen) atoms. The summed E-state index contributed by atoms with van der Waals surface area (Å²) in [6.07, 6.45) is 1.83. The molecule has 0 aromatic heterocycles. The second-order valence-corrected chi connectivity index (χ2v) is 7.28. The number of hydrogen-bond acceptors (Lipinski definition) is 2. The van der Waals surface area contributed by atoms with Crippen LogP contribution in [0.5, 0.6) is 0 Å².